The molecule has 2 heterocycles. The topological polar surface area (TPSA) is 12.0 Å². The van der Waals surface area contributed by atoms with E-state index in [2.05, 4.69) is 5.32 Å². The van der Waals surface area contributed by atoms with Crippen LogP contribution in [0.3, 0.4) is 0 Å². The molecule has 1 heteroatoms. The summed E-state index contributed by atoms with van der Waals surface area (Å²) in [7, 11) is 0. The molecule has 2 unspecified atom stereocenters. The summed E-state index contributed by atoms with van der Waals surface area (Å²) >= 11 is 0. The van der Waals surface area contributed by atoms with Gasteiger partial charge in [-0.3, -0.25) is 0 Å². The smallest absolute Gasteiger partial charge is 0.0268 e. The molecule has 0 aromatic heterocycles. The molecule has 0 amide bonds. The van der Waals surface area contributed by atoms with Crippen molar-refractivity contribution in [3.8, 4) is 0 Å². The molecule has 46 valence electrons. The van der Waals surface area contributed by atoms with Crippen LogP contribution < -0.4 is 5.32 Å². The average molecular weight is 112 g/mol. The summed E-state index contributed by atoms with van der Waals surface area (Å²) in [5.74, 6) is 0. The van der Waals surface area contributed by atoms with Crippen LogP contribution in [0.5, 0.6) is 0 Å². The fraction of sp³-hybridized carbons (Fsp3) is 1.00. The maximum absolute atomic E-state index is 7.53. The molecule has 8 heavy (non-hydrogen) atoms. The van der Waals surface area contributed by atoms with Gasteiger partial charge in [-0.1, -0.05) is 6.40 Å². The molecule has 0 aromatic carbocycles. The number of piperidine rings is 1. The molecule has 2 fully saturated rings. The van der Waals surface area contributed by atoms with E-state index in [-0.39, 0.29) is 6.40 Å². The lowest BCUT2D eigenvalue weighted by Crippen LogP contribution is -2.33. The largest absolute Gasteiger partial charge is 0.311 e. The van der Waals surface area contributed by atoms with E-state index in [1.54, 1.807) is 0 Å². The Kier molecular flexibility index (Phi) is 0.840. The lowest BCUT2D eigenvalue weighted by molar-refractivity contribution is 0.406. The van der Waals surface area contributed by atoms with Crippen LogP contribution in [0.15, 0.2) is 0 Å². The van der Waals surface area contributed by atoms with Crippen LogP contribution in [-0.2, 0) is 0 Å². The van der Waals surface area contributed by atoms with Crippen molar-refractivity contribution in [2.45, 2.75) is 44.2 Å². The van der Waals surface area contributed by atoms with Crippen molar-refractivity contribution >= 4 is 0 Å². The third kappa shape index (κ3) is 0.655. The van der Waals surface area contributed by atoms with Gasteiger partial charge in [-0.15, -0.1) is 0 Å². The summed E-state index contributed by atoms with van der Waals surface area (Å²) in [6, 6.07) is 1.40. The highest BCUT2D eigenvalue weighted by Gasteiger charge is 2.26. The van der Waals surface area contributed by atoms with Crippen LogP contribution in [0.2, 0.25) is 0 Å². The lowest BCUT2D eigenvalue weighted by Gasteiger charge is -2.19. The zero-order valence-corrected chi connectivity index (χ0v) is 5.06. The average Bonchev–Trinajstić information content (AvgIpc) is 2.11. The summed E-state index contributed by atoms with van der Waals surface area (Å²) in [5, 5.41) is 3.50. The van der Waals surface area contributed by atoms with Crippen LogP contribution in [0, 0.1) is 0 Å². The SMILES string of the molecule is [2H]C1CC2CCC(C1)N2. The van der Waals surface area contributed by atoms with Gasteiger partial charge in [-0.25, -0.2) is 0 Å². The Hall–Kier alpha value is -0.0400. The Morgan fingerprint density at radius 2 is 1.75 bits per heavy atom. The molecule has 2 aliphatic heterocycles. The number of hydrogen-bond donors (Lipinski definition) is 1. The Balaban J connectivity index is 2.03. The standard InChI is InChI=1S/C7H13N/c1-2-6-4-5-7(3-1)8-6/h6-8H,1-5H2/i1D. The molecule has 0 radical (unpaired) electrons. The summed E-state index contributed by atoms with van der Waals surface area (Å²) in [6.45, 7) is 0. The van der Waals surface area contributed by atoms with Gasteiger partial charge in [0.1, 0.15) is 0 Å². The van der Waals surface area contributed by atoms with Gasteiger partial charge in [0.05, 0.1) is 0 Å². The molecule has 1 N–H and O–H groups in total. The lowest BCUT2D eigenvalue weighted by atomic mass is 10.1. The second kappa shape index (κ2) is 1.73. The quantitative estimate of drug-likeness (QED) is 0.498. The monoisotopic (exact) mass is 112 g/mol. The van der Waals surface area contributed by atoms with Crippen molar-refractivity contribution in [2.75, 3.05) is 0 Å². The fourth-order valence-corrected chi connectivity index (χ4v) is 1.77. The zero-order valence-electron chi connectivity index (χ0n) is 6.06. The van der Waals surface area contributed by atoms with Crippen LogP contribution in [0.4, 0.5) is 0 Å². The van der Waals surface area contributed by atoms with Gasteiger partial charge in [0.25, 0.3) is 0 Å². The fourth-order valence-electron chi connectivity index (χ4n) is 1.77. The van der Waals surface area contributed by atoms with Crippen LogP contribution in [-0.4, -0.2) is 12.1 Å². The first-order chi connectivity index (χ1) is 4.34. The molecular weight excluding hydrogens is 98.1 g/mol. The first kappa shape index (κ1) is 3.89. The van der Waals surface area contributed by atoms with Gasteiger partial charge < -0.3 is 5.32 Å². The third-order valence-electron chi connectivity index (χ3n) is 2.24. The minimum atomic E-state index is 0.240. The van der Waals surface area contributed by atoms with E-state index in [1.807, 2.05) is 0 Å². The van der Waals surface area contributed by atoms with E-state index in [0.29, 0.717) is 12.1 Å². The molecule has 0 spiro atoms. The predicted molar refractivity (Wildman–Crippen MR) is 33.8 cm³/mol. The van der Waals surface area contributed by atoms with E-state index < -0.39 is 0 Å². The molecule has 0 saturated carbocycles. The van der Waals surface area contributed by atoms with Gasteiger partial charge in [-0.2, -0.15) is 0 Å². The number of rotatable bonds is 0. The minimum absolute atomic E-state index is 0.240. The van der Waals surface area contributed by atoms with Crippen LogP contribution in [0.1, 0.15) is 33.5 Å². The highest BCUT2D eigenvalue weighted by Crippen LogP contribution is 2.25. The predicted octanol–water partition coefficient (Wildman–Crippen LogP) is 1.29. The molecular formula is C7H13N. The van der Waals surface area contributed by atoms with E-state index >= 15 is 0 Å². The molecule has 2 saturated heterocycles. The van der Waals surface area contributed by atoms with Gasteiger partial charge in [0.2, 0.25) is 0 Å². The van der Waals surface area contributed by atoms with Gasteiger partial charge >= 0.3 is 0 Å². The maximum Gasteiger partial charge on any atom is 0.0268 e. The van der Waals surface area contributed by atoms with Crippen molar-refractivity contribution in [3.05, 3.63) is 0 Å². The van der Waals surface area contributed by atoms with Crippen molar-refractivity contribution in [3.63, 3.8) is 0 Å². The maximum atomic E-state index is 7.53. The molecule has 0 aliphatic carbocycles. The van der Waals surface area contributed by atoms with E-state index in [9.17, 15) is 0 Å². The highest BCUT2D eigenvalue weighted by molar-refractivity contribution is 4.87. The van der Waals surface area contributed by atoms with Crippen LogP contribution in [0.25, 0.3) is 0 Å². The number of hydrogen-bond acceptors (Lipinski definition) is 1. The van der Waals surface area contributed by atoms with E-state index in [1.165, 1.54) is 12.8 Å². The summed E-state index contributed by atoms with van der Waals surface area (Å²) in [5.41, 5.74) is 0. The Labute approximate surface area is 51.9 Å². The molecule has 2 atom stereocenters. The van der Waals surface area contributed by atoms with E-state index in [4.69, 9.17) is 1.37 Å². The molecule has 1 nitrogen and oxygen atoms in total. The molecule has 2 bridgehead atoms. The normalized spacial score (nSPS) is 56.0. The summed E-state index contributed by atoms with van der Waals surface area (Å²) in [6.07, 6.45) is 5.07. The van der Waals surface area contributed by atoms with Crippen molar-refractivity contribution in [2.24, 2.45) is 0 Å². The molecule has 2 aliphatic rings. The first-order valence-electron chi connectivity index (χ1n) is 4.10. The highest BCUT2D eigenvalue weighted by atomic mass is 15.0. The molecule has 2 rings (SSSR count). The first-order valence-corrected chi connectivity index (χ1v) is 3.53. The number of fused-ring (bicyclic) bond motifs is 2. The number of nitrogens with one attached hydrogen (secondary N) is 1. The van der Waals surface area contributed by atoms with Crippen molar-refractivity contribution in [1.29, 1.82) is 0 Å². The van der Waals surface area contributed by atoms with Crippen molar-refractivity contribution < 1.29 is 1.37 Å². The Morgan fingerprint density at radius 3 is 2.38 bits per heavy atom. The van der Waals surface area contributed by atoms with Crippen molar-refractivity contribution in [1.82, 2.24) is 5.32 Å². The molecule has 0 aromatic rings. The third-order valence-corrected chi connectivity index (χ3v) is 2.24. The minimum Gasteiger partial charge on any atom is -0.311 e. The zero-order chi connectivity index (χ0) is 6.27. The van der Waals surface area contributed by atoms with Gasteiger partial charge in [0.15, 0.2) is 0 Å². The van der Waals surface area contributed by atoms with Gasteiger partial charge in [-0.05, 0) is 25.7 Å². The Morgan fingerprint density at radius 1 is 1.12 bits per heavy atom. The Bertz CT molecular complexity index is 103. The van der Waals surface area contributed by atoms with Crippen LogP contribution >= 0.6 is 0 Å². The summed E-state index contributed by atoms with van der Waals surface area (Å²) in [4.78, 5) is 0. The summed E-state index contributed by atoms with van der Waals surface area (Å²) < 4.78 is 7.53. The van der Waals surface area contributed by atoms with Gasteiger partial charge in [0, 0.05) is 13.5 Å². The van der Waals surface area contributed by atoms with E-state index in [0.717, 1.165) is 12.8 Å². The second-order valence-corrected chi connectivity index (χ2v) is 2.90. The second-order valence-electron chi connectivity index (χ2n) is 2.90.